The van der Waals surface area contributed by atoms with Crippen LogP contribution in [0.15, 0.2) is 45.9 Å². The Morgan fingerprint density at radius 3 is 2.65 bits per heavy atom. The highest BCUT2D eigenvalue weighted by Crippen LogP contribution is 2.25. The number of benzene rings is 1. The highest BCUT2D eigenvalue weighted by Gasteiger charge is 2.13. The Morgan fingerprint density at radius 1 is 1.22 bits per heavy atom. The molecule has 0 fully saturated rings. The first-order valence-electron chi connectivity index (χ1n) is 6.94. The van der Waals surface area contributed by atoms with Crippen LogP contribution in [0.3, 0.4) is 0 Å². The lowest BCUT2D eigenvalue weighted by Gasteiger charge is -2.06. The third-order valence-electron chi connectivity index (χ3n) is 3.41. The minimum atomic E-state index is -3.60. The molecule has 0 unspecified atom stereocenters. The molecule has 0 bridgehead atoms. The molecule has 120 valence electrons. The van der Waals surface area contributed by atoms with Crippen LogP contribution in [0.5, 0.6) is 0 Å². The van der Waals surface area contributed by atoms with E-state index in [1.165, 1.54) is 12.1 Å². The lowest BCUT2D eigenvalue weighted by molar-refractivity contribution is 0.301. The number of aliphatic hydroxyl groups excluding tert-OH is 1. The number of aliphatic hydroxyl groups is 1. The summed E-state index contributed by atoms with van der Waals surface area (Å²) in [5, 5.41) is 13.4. The fraction of sp³-hybridized carbons (Fsp3) is 0.200. The summed E-state index contributed by atoms with van der Waals surface area (Å²) in [6, 6.07) is 8.35. The first-order chi connectivity index (χ1) is 11.0. The van der Waals surface area contributed by atoms with Crippen LogP contribution in [-0.4, -0.2) is 36.8 Å². The van der Waals surface area contributed by atoms with Gasteiger partial charge in [0.05, 0.1) is 22.6 Å². The molecule has 0 spiro atoms. The number of sulfonamides is 1. The van der Waals surface area contributed by atoms with Gasteiger partial charge in [0.2, 0.25) is 10.0 Å². The van der Waals surface area contributed by atoms with Crippen molar-refractivity contribution < 1.29 is 18.0 Å². The zero-order valence-corrected chi connectivity index (χ0v) is 13.2. The first-order valence-corrected chi connectivity index (χ1v) is 8.42. The van der Waals surface area contributed by atoms with Crippen LogP contribution in [-0.2, 0) is 10.0 Å². The van der Waals surface area contributed by atoms with E-state index >= 15 is 0 Å². The van der Waals surface area contributed by atoms with Crippen molar-refractivity contribution in [3.63, 3.8) is 0 Å². The van der Waals surface area contributed by atoms with Crippen molar-refractivity contribution in [1.82, 2.24) is 14.9 Å². The van der Waals surface area contributed by atoms with Gasteiger partial charge in [0, 0.05) is 18.3 Å². The molecule has 2 heterocycles. The number of rotatable bonds is 5. The van der Waals surface area contributed by atoms with Crippen molar-refractivity contribution in [3.05, 3.63) is 42.2 Å². The van der Waals surface area contributed by atoms with Crippen LogP contribution in [0, 0.1) is 6.92 Å². The summed E-state index contributed by atoms with van der Waals surface area (Å²) in [5.74, 6) is 0. The second kappa shape index (κ2) is 6.07. The summed E-state index contributed by atoms with van der Waals surface area (Å²) in [5.41, 5.74) is 2.90. The van der Waals surface area contributed by atoms with Gasteiger partial charge in [-0.25, -0.2) is 18.1 Å². The molecule has 0 saturated carbocycles. The minimum Gasteiger partial charge on any atom is -0.395 e. The third-order valence-corrected chi connectivity index (χ3v) is 4.89. The van der Waals surface area contributed by atoms with E-state index in [1.807, 2.05) is 13.0 Å². The van der Waals surface area contributed by atoms with Crippen LogP contribution in [0.4, 0.5) is 0 Å². The van der Waals surface area contributed by atoms with Crippen LogP contribution in [0.2, 0.25) is 0 Å². The maximum Gasteiger partial charge on any atom is 0.257 e. The topological polar surface area (TPSA) is 105 Å². The van der Waals surface area contributed by atoms with Crippen molar-refractivity contribution >= 4 is 21.1 Å². The van der Waals surface area contributed by atoms with Gasteiger partial charge >= 0.3 is 0 Å². The number of pyridine rings is 1. The SMILES string of the molecule is Cc1noc2ncc(-c3ccc(S(=O)(=O)NCCO)cc3)cc12. The normalized spacial score (nSPS) is 11.9. The number of hydrogen-bond acceptors (Lipinski definition) is 6. The van der Waals surface area contributed by atoms with Crippen LogP contribution < -0.4 is 4.72 Å². The predicted molar refractivity (Wildman–Crippen MR) is 84.3 cm³/mol. The fourth-order valence-corrected chi connectivity index (χ4v) is 3.21. The predicted octanol–water partition coefficient (Wildman–Crippen LogP) is 1.47. The van der Waals surface area contributed by atoms with Gasteiger partial charge in [-0.2, -0.15) is 0 Å². The largest absolute Gasteiger partial charge is 0.395 e. The molecule has 2 N–H and O–H groups in total. The number of aromatic nitrogens is 2. The molecule has 0 aliphatic heterocycles. The van der Waals surface area contributed by atoms with Gasteiger partial charge in [-0.15, -0.1) is 0 Å². The Morgan fingerprint density at radius 2 is 1.96 bits per heavy atom. The summed E-state index contributed by atoms with van der Waals surface area (Å²) in [4.78, 5) is 4.35. The Kier molecular flexibility index (Phi) is 4.12. The lowest BCUT2D eigenvalue weighted by atomic mass is 10.1. The van der Waals surface area contributed by atoms with E-state index in [-0.39, 0.29) is 18.0 Å². The van der Waals surface area contributed by atoms with E-state index in [2.05, 4.69) is 14.9 Å². The number of fused-ring (bicyclic) bond motifs is 1. The molecule has 23 heavy (non-hydrogen) atoms. The van der Waals surface area contributed by atoms with Crippen LogP contribution in [0.25, 0.3) is 22.2 Å². The quantitative estimate of drug-likeness (QED) is 0.732. The summed E-state index contributed by atoms with van der Waals surface area (Å²) in [6.45, 7) is 1.57. The molecule has 3 rings (SSSR count). The molecule has 7 nitrogen and oxygen atoms in total. The molecule has 1 aromatic carbocycles. The summed E-state index contributed by atoms with van der Waals surface area (Å²) >= 11 is 0. The number of hydrogen-bond donors (Lipinski definition) is 2. The van der Waals surface area contributed by atoms with Crippen molar-refractivity contribution in [1.29, 1.82) is 0 Å². The molecule has 0 radical (unpaired) electrons. The van der Waals surface area contributed by atoms with Gasteiger partial charge in [0.25, 0.3) is 5.71 Å². The van der Waals surface area contributed by atoms with Crippen molar-refractivity contribution in [3.8, 4) is 11.1 Å². The van der Waals surface area contributed by atoms with Crippen molar-refractivity contribution in [2.24, 2.45) is 0 Å². The van der Waals surface area contributed by atoms with Gasteiger partial charge in [0.1, 0.15) is 0 Å². The molecular weight excluding hydrogens is 318 g/mol. The summed E-state index contributed by atoms with van der Waals surface area (Å²) < 4.78 is 31.3. The molecule has 0 aliphatic carbocycles. The second-order valence-electron chi connectivity index (χ2n) is 4.99. The zero-order chi connectivity index (χ0) is 16.4. The third kappa shape index (κ3) is 3.09. The fourth-order valence-electron chi connectivity index (χ4n) is 2.19. The molecule has 3 aromatic rings. The molecule has 2 aromatic heterocycles. The molecule has 0 amide bonds. The standard InChI is InChI=1S/C15H15N3O4S/c1-10-14-8-12(9-16-15(14)22-18-10)11-2-4-13(5-3-11)23(20,21)17-6-7-19/h2-5,8-9,17,19H,6-7H2,1H3. The molecule has 0 aliphatic rings. The number of nitrogens with zero attached hydrogens (tertiary/aromatic N) is 2. The van der Waals surface area contributed by atoms with E-state index in [0.29, 0.717) is 5.71 Å². The van der Waals surface area contributed by atoms with E-state index < -0.39 is 10.0 Å². The van der Waals surface area contributed by atoms with Crippen LogP contribution >= 0.6 is 0 Å². The van der Waals surface area contributed by atoms with Crippen LogP contribution in [0.1, 0.15) is 5.69 Å². The minimum absolute atomic E-state index is 0.0164. The highest BCUT2D eigenvalue weighted by atomic mass is 32.2. The Bertz CT molecular complexity index is 933. The number of nitrogens with one attached hydrogen (secondary N) is 1. The van der Waals surface area contributed by atoms with Gasteiger partial charge in [-0.1, -0.05) is 17.3 Å². The maximum atomic E-state index is 12.0. The van der Waals surface area contributed by atoms with Crippen molar-refractivity contribution in [2.75, 3.05) is 13.2 Å². The van der Waals surface area contributed by atoms with Crippen molar-refractivity contribution in [2.45, 2.75) is 11.8 Å². The van der Waals surface area contributed by atoms with Gasteiger partial charge in [-0.05, 0) is 30.7 Å². The zero-order valence-electron chi connectivity index (χ0n) is 12.4. The van der Waals surface area contributed by atoms with Gasteiger partial charge in [-0.3, -0.25) is 0 Å². The van der Waals surface area contributed by atoms with E-state index in [1.54, 1.807) is 18.3 Å². The van der Waals surface area contributed by atoms with Gasteiger partial charge < -0.3 is 9.63 Å². The van der Waals surface area contributed by atoms with E-state index in [0.717, 1.165) is 22.2 Å². The monoisotopic (exact) mass is 333 g/mol. The highest BCUT2D eigenvalue weighted by molar-refractivity contribution is 7.89. The maximum absolute atomic E-state index is 12.0. The molecule has 0 atom stereocenters. The summed E-state index contributed by atoms with van der Waals surface area (Å²) in [7, 11) is -3.60. The number of aryl methyl sites for hydroxylation is 1. The smallest absolute Gasteiger partial charge is 0.257 e. The lowest BCUT2D eigenvalue weighted by Crippen LogP contribution is -2.26. The second-order valence-corrected chi connectivity index (χ2v) is 6.76. The Balaban J connectivity index is 1.93. The Hall–Kier alpha value is -2.29. The van der Waals surface area contributed by atoms with E-state index in [9.17, 15) is 8.42 Å². The molecular formula is C15H15N3O4S. The first kappa shape index (κ1) is 15.6. The average Bonchev–Trinajstić information content (AvgIpc) is 2.94. The average molecular weight is 333 g/mol. The summed E-state index contributed by atoms with van der Waals surface area (Å²) in [6.07, 6.45) is 1.65. The molecule has 0 saturated heterocycles. The van der Waals surface area contributed by atoms with Gasteiger partial charge in [0.15, 0.2) is 0 Å². The molecule has 8 heteroatoms. The Labute approximate surface area is 133 Å². The van der Waals surface area contributed by atoms with E-state index in [4.69, 9.17) is 9.63 Å².